The van der Waals surface area contributed by atoms with Gasteiger partial charge in [0.1, 0.15) is 5.75 Å². The van der Waals surface area contributed by atoms with Gasteiger partial charge in [0, 0.05) is 11.4 Å². The lowest BCUT2D eigenvalue weighted by Crippen LogP contribution is -2.31. The SMILES string of the molecule is C#CCN(CC#C)C(=O)CCCOc1ccc(Cl)cc1Cl. The van der Waals surface area contributed by atoms with Crippen LogP contribution in [0.3, 0.4) is 0 Å². The number of carbonyl (C=O) groups excluding carboxylic acids is 1. The molecule has 0 aliphatic rings. The lowest BCUT2D eigenvalue weighted by atomic mass is 10.2. The number of terminal acetylenes is 2. The fraction of sp³-hybridized carbons (Fsp3) is 0.312. The molecule has 0 bridgehead atoms. The van der Waals surface area contributed by atoms with Crippen molar-refractivity contribution < 1.29 is 9.53 Å². The standard InChI is InChI=1S/C16H15Cl2NO2/c1-3-9-19(10-4-2)16(20)6-5-11-21-15-8-7-13(17)12-14(15)18/h1-2,7-8,12H,5-6,9-11H2. The van der Waals surface area contributed by atoms with Crippen molar-refractivity contribution in [2.75, 3.05) is 19.7 Å². The minimum atomic E-state index is -0.0864. The summed E-state index contributed by atoms with van der Waals surface area (Å²) in [6.45, 7) is 0.798. The Balaban J connectivity index is 2.38. The molecule has 1 amide bonds. The van der Waals surface area contributed by atoms with Gasteiger partial charge < -0.3 is 9.64 Å². The van der Waals surface area contributed by atoms with Crippen LogP contribution in [0.5, 0.6) is 5.75 Å². The Morgan fingerprint density at radius 1 is 1.24 bits per heavy atom. The molecule has 21 heavy (non-hydrogen) atoms. The Morgan fingerprint density at radius 2 is 1.90 bits per heavy atom. The van der Waals surface area contributed by atoms with Crippen LogP contribution in [0, 0.1) is 24.7 Å². The summed E-state index contributed by atoms with van der Waals surface area (Å²) in [7, 11) is 0. The van der Waals surface area contributed by atoms with Crippen molar-refractivity contribution in [2.24, 2.45) is 0 Å². The first-order chi connectivity index (χ1) is 10.1. The van der Waals surface area contributed by atoms with Crippen LogP contribution in [0.2, 0.25) is 10.0 Å². The highest BCUT2D eigenvalue weighted by atomic mass is 35.5. The molecule has 3 nitrogen and oxygen atoms in total. The molecule has 0 aromatic heterocycles. The van der Waals surface area contributed by atoms with Crippen molar-refractivity contribution in [1.29, 1.82) is 0 Å². The molecule has 0 atom stereocenters. The van der Waals surface area contributed by atoms with E-state index in [2.05, 4.69) is 11.8 Å². The predicted molar refractivity (Wildman–Crippen MR) is 85.4 cm³/mol. The lowest BCUT2D eigenvalue weighted by Gasteiger charge is -2.17. The summed E-state index contributed by atoms with van der Waals surface area (Å²) in [4.78, 5) is 13.3. The minimum Gasteiger partial charge on any atom is -0.492 e. The second-order valence-corrected chi connectivity index (χ2v) is 5.03. The van der Waals surface area contributed by atoms with E-state index >= 15 is 0 Å². The zero-order valence-corrected chi connectivity index (χ0v) is 13.0. The highest BCUT2D eigenvalue weighted by Crippen LogP contribution is 2.27. The Labute approximate surface area is 135 Å². The summed E-state index contributed by atoms with van der Waals surface area (Å²) >= 11 is 11.8. The molecule has 1 aromatic carbocycles. The minimum absolute atomic E-state index is 0.0864. The van der Waals surface area contributed by atoms with Gasteiger partial charge in [0.15, 0.2) is 0 Å². The number of hydrogen-bond donors (Lipinski definition) is 0. The second kappa shape index (κ2) is 9.19. The number of amides is 1. The summed E-state index contributed by atoms with van der Waals surface area (Å²) in [5.74, 6) is 5.27. The monoisotopic (exact) mass is 323 g/mol. The largest absolute Gasteiger partial charge is 0.492 e. The summed E-state index contributed by atoms with van der Waals surface area (Å²) in [6, 6.07) is 4.98. The molecule has 1 rings (SSSR count). The third-order valence-corrected chi connectivity index (χ3v) is 3.13. The first-order valence-electron chi connectivity index (χ1n) is 6.31. The average Bonchev–Trinajstić information content (AvgIpc) is 2.45. The molecule has 0 aliphatic heterocycles. The molecule has 0 saturated carbocycles. The number of rotatable bonds is 7. The maximum atomic E-state index is 11.9. The zero-order valence-electron chi connectivity index (χ0n) is 11.4. The highest BCUT2D eigenvalue weighted by Gasteiger charge is 2.11. The van der Waals surface area contributed by atoms with Crippen LogP contribution in [0.15, 0.2) is 18.2 Å². The van der Waals surface area contributed by atoms with Crippen LogP contribution in [0.4, 0.5) is 0 Å². The third-order valence-electron chi connectivity index (χ3n) is 2.60. The molecule has 0 radical (unpaired) electrons. The van der Waals surface area contributed by atoms with Gasteiger partial charge in [0.2, 0.25) is 5.91 Å². The van der Waals surface area contributed by atoms with Crippen LogP contribution in [-0.2, 0) is 4.79 Å². The molecule has 0 aliphatic carbocycles. The Bertz CT molecular complexity index is 557. The number of ether oxygens (including phenoxy) is 1. The third kappa shape index (κ3) is 6.00. The van der Waals surface area contributed by atoms with E-state index in [0.29, 0.717) is 35.2 Å². The van der Waals surface area contributed by atoms with Gasteiger partial charge in [-0.05, 0) is 24.6 Å². The molecule has 110 valence electrons. The van der Waals surface area contributed by atoms with Crippen LogP contribution >= 0.6 is 23.2 Å². The molecule has 0 saturated heterocycles. The maximum Gasteiger partial charge on any atom is 0.224 e. The van der Waals surface area contributed by atoms with Crippen molar-refractivity contribution in [1.82, 2.24) is 4.90 Å². The molecule has 0 heterocycles. The van der Waals surface area contributed by atoms with E-state index in [1.165, 1.54) is 4.90 Å². The molecular weight excluding hydrogens is 309 g/mol. The van der Waals surface area contributed by atoms with Gasteiger partial charge in [-0.2, -0.15) is 0 Å². The fourth-order valence-electron chi connectivity index (χ4n) is 1.61. The summed E-state index contributed by atoms with van der Waals surface area (Å²) in [6.07, 6.45) is 11.2. The number of nitrogens with zero attached hydrogens (tertiary/aromatic N) is 1. The topological polar surface area (TPSA) is 29.5 Å². The first kappa shape index (κ1) is 17.2. The van der Waals surface area contributed by atoms with Gasteiger partial charge >= 0.3 is 0 Å². The van der Waals surface area contributed by atoms with E-state index < -0.39 is 0 Å². The Kier molecular flexibility index (Phi) is 7.54. The van der Waals surface area contributed by atoms with Gasteiger partial charge in [-0.1, -0.05) is 35.0 Å². The van der Waals surface area contributed by atoms with Crippen molar-refractivity contribution in [3.8, 4) is 30.4 Å². The first-order valence-corrected chi connectivity index (χ1v) is 7.06. The van der Waals surface area contributed by atoms with E-state index in [1.54, 1.807) is 18.2 Å². The molecular formula is C16H15Cl2NO2. The van der Waals surface area contributed by atoms with Crippen molar-refractivity contribution in [3.05, 3.63) is 28.2 Å². The zero-order chi connectivity index (χ0) is 15.7. The van der Waals surface area contributed by atoms with E-state index in [-0.39, 0.29) is 19.0 Å². The number of carbonyl (C=O) groups is 1. The highest BCUT2D eigenvalue weighted by molar-refractivity contribution is 6.35. The van der Waals surface area contributed by atoms with Crippen LogP contribution in [0.25, 0.3) is 0 Å². The van der Waals surface area contributed by atoms with E-state index in [0.717, 1.165) is 0 Å². The van der Waals surface area contributed by atoms with E-state index in [9.17, 15) is 4.79 Å². The quantitative estimate of drug-likeness (QED) is 0.569. The number of hydrogen-bond acceptors (Lipinski definition) is 2. The second-order valence-electron chi connectivity index (χ2n) is 4.18. The summed E-state index contributed by atoms with van der Waals surface area (Å²) in [5, 5.41) is 0.983. The van der Waals surface area contributed by atoms with Crippen molar-refractivity contribution in [3.63, 3.8) is 0 Å². The molecule has 0 unspecified atom stereocenters. The van der Waals surface area contributed by atoms with E-state index in [1.807, 2.05) is 0 Å². The van der Waals surface area contributed by atoms with Crippen LogP contribution < -0.4 is 4.74 Å². The molecule has 0 spiro atoms. The van der Waals surface area contributed by atoms with Crippen molar-refractivity contribution >= 4 is 29.1 Å². The van der Waals surface area contributed by atoms with Gasteiger partial charge in [-0.3, -0.25) is 4.79 Å². The smallest absolute Gasteiger partial charge is 0.224 e. The molecule has 1 aromatic rings. The van der Waals surface area contributed by atoms with Crippen LogP contribution in [0.1, 0.15) is 12.8 Å². The predicted octanol–water partition coefficient (Wildman–Crippen LogP) is 3.25. The summed E-state index contributed by atoms with van der Waals surface area (Å²) < 4.78 is 5.50. The number of halogens is 2. The lowest BCUT2D eigenvalue weighted by molar-refractivity contribution is -0.130. The van der Waals surface area contributed by atoms with Crippen LogP contribution in [-0.4, -0.2) is 30.5 Å². The van der Waals surface area contributed by atoms with Gasteiger partial charge in [-0.15, -0.1) is 12.8 Å². The fourth-order valence-corrected chi connectivity index (χ4v) is 2.07. The summed E-state index contributed by atoms with van der Waals surface area (Å²) in [5.41, 5.74) is 0. The number of benzene rings is 1. The Morgan fingerprint density at radius 3 is 2.48 bits per heavy atom. The molecule has 0 fully saturated rings. The maximum absolute atomic E-state index is 11.9. The average molecular weight is 324 g/mol. The molecule has 5 heteroatoms. The van der Waals surface area contributed by atoms with E-state index in [4.69, 9.17) is 40.8 Å². The molecule has 0 N–H and O–H groups in total. The van der Waals surface area contributed by atoms with Gasteiger partial charge in [-0.25, -0.2) is 0 Å². The van der Waals surface area contributed by atoms with Crippen molar-refractivity contribution in [2.45, 2.75) is 12.8 Å². The Hall–Kier alpha value is -1.81. The normalized spacial score (nSPS) is 9.52. The van der Waals surface area contributed by atoms with Gasteiger partial charge in [0.25, 0.3) is 0 Å². The van der Waals surface area contributed by atoms with Gasteiger partial charge in [0.05, 0.1) is 24.7 Å².